The van der Waals surface area contributed by atoms with Crippen molar-refractivity contribution in [2.45, 2.75) is 41.4 Å². The van der Waals surface area contributed by atoms with E-state index < -0.39 is 27.6 Å². The van der Waals surface area contributed by atoms with Crippen molar-refractivity contribution < 1.29 is 18.3 Å². The largest absolute Gasteiger partial charge is 0.485 e. The fraction of sp³-hybridized carbons (Fsp3) is 0.294. The van der Waals surface area contributed by atoms with Gasteiger partial charge in [0.1, 0.15) is 17.5 Å². The molecule has 0 aromatic heterocycles. The van der Waals surface area contributed by atoms with E-state index in [9.17, 15) is 13.5 Å². The number of nitrogens with two attached hydrogens (primary N) is 1. The highest BCUT2D eigenvalue weighted by atomic mass is 32.2. The molecule has 0 aliphatic carbocycles. The number of aliphatic hydroxyl groups is 1. The summed E-state index contributed by atoms with van der Waals surface area (Å²) in [6, 6.07) is 12.1. The lowest BCUT2D eigenvalue weighted by atomic mass is 9.87. The van der Waals surface area contributed by atoms with Crippen LogP contribution in [0.4, 0.5) is 0 Å². The molecule has 122 valence electrons. The van der Waals surface area contributed by atoms with Gasteiger partial charge in [-0.15, -0.1) is 0 Å². The van der Waals surface area contributed by atoms with Crippen molar-refractivity contribution >= 4 is 9.84 Å². The molecule has 0 saturated carbocycles. The number of hydrogen-bond donors (Lipinski definition) is 2. The predicted octanol–water partition coefficient (Wildman–Crippen LogP) is 2.05. The Balaban J connectivity index is 2.09. The van der Waals surface area contributed by atoms with Gasteiger partial charge >= 0.3 is 0 Å². The van der Waals surface area contributed by atoms with E-state index in [4.69, 9.17) is 10.5 Å². The van der Waals surface area contributed by atoms with Crippen molar-refractivity contribution in [2.75, 3.05) is 0 Å². The van der Waals surface area contributed by atoms with E-state index in [-0.39, 0.29) is 9.79 Å². The lowest BCUT2D eigenvalue weighted by molar-refractivity contribution is -0.0572. The number of hydrogen-bond acceptors (Lipinski definition) is 5. The Morgan fingerprint density at radius 1 is 1.09 bits per heavy atom. The number of ether oxygens (including phenoxy) is 1. The number of benzene rings is 2. The number of sulfone groups is 1. The molecule has 0 spiro atoms. The van der Waals surface area contributed by atoms with E-state index in [2.05, 4.69) is 0 Å². The van der Waals surface area contributed by atoms with Gasteiger partial charge in [0.2, 0.25) is 9.84 Å². The molecule has 1 aliphatic rings. The van der Waals surface area contributed by atoms with E-state index in [1.807, 2.05) is 0 Å². The van der Waals surface area contributed by atoms with Crippen LogP contribution in [0, 0.1) is 0 Å². The van der Waals surface area contributed by atoms with Crippen molar-refractivity contribution in [2.24, 2.45) is 5.73 Å². The van der Waals surface area contributed by atoms with Crippen LogP contribution in [-0.2, 0) is 9.84 Å². The topological polar surface area (TPSA) is 89.6 Å². The minimum Gasteiger partial charge on any atom is -0.485 e. The molecule has 3 rings (SSSR count). The number of aliphatic hydroxyl groups excluding tert-OH is 1. The minimum atomic E-state index is -3.63. The summed E-state index contributed by atoms with van der Waals surface area (Å²) in [6.07, 6.45) is -0.926. The van der Waals surface area contributed by atoms with Crippen molar-refractivity contribution in [3.63, 3.8) is 0 Å². The SMILES string of the molecule is CC1(C)Oc2ccc(S(=O)(=O)c3ccccc3)cc2C(N)[C@H]1O. The zero-order valence-corrected chi connectivity index (χ0v) is 13.7. The molecule has 1 heterocycles. The van der Waals surface area contributed by atoms with E-state index in [0.29, 0.717) is 11.3 Å². The predicted molar refractivity (Wildman–Crippen MR) is 86.0 cm³/mol. The Labute approximate surface area is 135 Å². The summed E-state index contributed by atoms with van der Waals surface area (Å²) >= 11 is 0. The average Bonchev–Trinajstić information content (AvgIpc) is 2.53. The molecule has 0 amide bonds. The first-order chi connectivity index (χ1) is 10.7. The van der Waals surface area contributed by atoms with E-state index in [0.717, 1.165) is 0 Å². The van der Waals surface area contributed by atoms with Gasteiger partial charge in [-0.3, -0.25) is 0 Å². The van der Waals surface area contributed by atoms with Gasteiger partial charge in [0.25, 0.3) is 0 Å². The Morgan fingerprint density at radius 3 is 2.39 bits per heavy atom. The molecule has 5 nitrogen and oxygen atoms in total. The third kappa shape index (κ3) is 2.63. The maximum atomic E-state index is 12.7. The minimum absolute atomic E-state index is 0.133. The third-order valence-corrected chi connectivity index (χ3v) is 5.90. The van der Waals surface area contributed by atoms with Crippen LogP contribution in [0.3, 0.4) is 0 Å². The Morgan fingerprint density at radius 2 is 1.74 bits per heavy atom. The zero-order chi connectivity index (χ0) is 16.8. The van der Waals surface area contributed by atoms with Gasteiger partial charge in [-0.25, -0.2) is 8.42 Å². The maximum absolute atomic E-state index is 12.7. The second-order valence-electron chi connectivity index (χ2n) is 6.19. The highest BCUT2D eigenvalue weighted by Crippen LogP contribution is 2.40. The smallest absolute Gasteiger partial charge is 0.206 e. The van der Waals surface area contributed by atoms with Crippen LogP contribution < -0.4 is 10.5 Å². The standard InChI is InChI=1S/C17H19NO4S/c1-17(2)16(19)15(18)13-10-12(8-9-14(13)22-17)23(20,21)11-6-4-3-5-7-11/h3-10,15-16,19H,18H2,1-2H3/t15?,16-/m1/s1. The van der Waals surface area contributed by atoms with Gasteiger partial charge in [0.05, 0.1) is 15.8 Å². The summed E-state index contributed by atoms with van der Waals surface area (Å²) in [4.78, 5) is 0.347. The quantitative estimate of drug-likeness (QED) is 0.878. The van der Waals surface area contributed by atoms with Crippen LogP contribution >= 0.6 is 0 Å². The lowest BCUT2D eigenvalue weighted by Gasteiger charge is -2.40. The van der Waals surface area contributed by atoms with E-state index in [1.54, 1.807) is 50.2 Å². The van der Waals surface area contributed by atoms with Crippen LogP contribution in [0.2, 0.25) is 0 Å². The molecule has 2 aromatic carbocycles. The second-order valence-corrected chi connectivity index (χ2v) is 8.14. The molecular formula is C17H19NO4S. The molecule has 23 heavy (non-hydrogen) atoms. The fourth-order valence-corrected chi connectivity index (χ4v) is 4.05. The molecule has 0 saturated heterocycles. The lowest BCUT2D eigenvalue weighted by Crippen LogP contribution is -2.51. The second kappa shape index (κ2) is 5.33. The van der Waals surface area contributed by atoms with Gasteiger partial charge in [0.15, 0.2) is 0 Å². The molecule has 0 bridgehead atoms. The molecule has 1 unspecified atom stereocenters. The average molecular weight is 333 g/mol. The molecular weight excluding hydrogens is 314 g/mol. The van der Waals surface area contributed by atoms with E-state index >= 15 is 0 Å². The van der Waals surface area contributed by atoms with Crippen LogP contribution in [0.25, 0.3) is 0 Å². The van der Waals surface area contributed by atoms with Gasteiger partial charge in [0, 0.05) is 5.56 Å². The highest BCUT2D eigenvalue weighted by molar-refractivity contribution is 7.91. The molecule has 2 atom stereocenters. The number of fused-ring (bicyclic) bond motifs is 1. The Kier molecular flexibility index (Phi) is 3.71. The summed E-state index contributed by atoms with van der Waals surface area (Å²) < 4.78 is 31.1. The zero-order valence-electron chi connectivity index (χ0n) is 12.9. The van der Waals surface area contributed by atoms with Gasteiger partial charge in [-0.05, 0) is 44.2 Å². The van der Waals surface area contributed by atoms with E-state index in [1.165, 1.54) is 12.1 Å². The first-order valence-corrected chi connectivity index (χ1v) is 8.78. The van der Waals surface area contributed by atoms with Gasteiger partial charge in [-0.2, -0.15) is 0 Å². The van der Waals surface area contributed by atoms with Crippen LogP contribution in [0.15, 0.2) is 58.3 Å². The third-order valence-electron chi connectivity index (χ3n) is 4.13. The van der Waals surface area contributed by atoms with Crippen molar-refractivity contribution in [3.05, 3.63) is 54.1 Å². The fourth-order valence-electron chi connectivity index (χ4n) is 2.73. The van der Waals surface area contributed by atoms with Crippen molar-refractivity contribution in [3.8, 4) is 5.75 Å². The molecule has 3 N–H and O–H groups in total. The summed E-state index contributed by atoms with van der Waals surface area (Å²) in [5, 5.41) is 10.3. The van der Waals surface area contributed by atoms with Gasteiger partial charge in [-0.1, -0.05) is 18.2 Å². The van der Waals surface area contributed by atoms with Crippen LogP contribution in [-0.4, -0.2) is 25.2 Å². The molecule has 6 heteroatoms. The highest BCUT2D eigenvalue weighted by Gasteiger charge is 2.41. The van der Waals surface area contributed by atoms with Crippen molar-refractivity contribution in [1.29, 1.82) is 0 Å². The van der Waals surface area contributed by atoms with Crippen LogP contribution in [0.5, 0.6) is 5.75 Å². The summed E-state index contributed by atoms with van der Waals surface area (Å²) in [5.74, 6) is 0.500. The van der Waals surface area contributed by atoms with Crippen LogP contribution in [0.1, 0.15) is 25.5 Å². The molecule has 2 aromatic rings. The Bertz CT molecular complexity index is 831. The van der Waals surface area contributed by atoms with Gasteiger partial charge < -0.3 is 15.6 Å². The molecule has 0 fully saturated rings. The molecule has 0 radical (unpaired) electrons. The summed E-state index contributed by atoms with van der Waals surface area (Å²) in [5.41, 5.74) is 5.76. The van der Waals surface area contributed by atoms with Crippen molar-refractivity contribution in [1.82, 2.24) is 0 Å². The summed E-state index contributed by atoms with van der Waals surface area (Å²) in [7, 11) is -3.63. The molecule has 1 aliphatic heterocycles. The Hall–Kier alpha value is -1.89. The first kappa shape index (κ1) is 16.0. The normalized spacial score (nSPS) is 23.0. The number of rotatable bonds is 2. The summed E-state index contributed by atoms with van der Waals surface area (Å²) in [6.45, 7) is 3.49. The maximum Gasteiger partial charge on any atom is 0.206 e. The monoisotopic (exact) mass is 333 g/mol. The first-order valence-electron chi connectivity index (χ1n) is 7.30.